The summed E-state index contributed by atoms with van der Waals surface area (Å²) in [5.74, 6) is 2.49. The molecule has 0 unspecified atom stereocenters. The average Bonchev–Trinajstić information content (AvgIpc) is 2.66. The second kappa shape index (κ2) is 8.74. The predicted molar refractivity (Wildman–Crippen MR) is 119 cm³/mol. The molecule has 0 aliphatic heterocycles. The van der Waals surface area contributed by atoms with Crippen molar-refractivity contribution < 1.29 is 0 Å². The van der Waals surface area contributed by atoms with Crippen molar-refractivity contribution in [1.82, 2.24) is 9.97 Å². The van der Waals surface area contributed by atoms with Crippen molar-refractivity contribution in [3.05, 3.63) is 72.1 Å². The van der Waals surface area contributed by atoms with Crippen molar-refractivity contribution in [2.45, 2.75) is 33.4 Å². The summed E-state index contributed by atoms with van der Waals surface area (Å²) in [6, 6.07) is 21.1. The van der Waals surface area contributed by atoms with Gasteiger partial charge in [-0.15, -0.1) is 0 Å². The van der Waals surface area contributed by atoms with Crippen molar-refractivity contribution in [3.8, 4) is 0 Å². The zero-order valence-electron chi connectivity index (χ0n) is 17.3. The van der Waals surface area contributed by atoms with Crippen molar-refractivity contribution in [3.63, 3.8) is 0 Å². The number of hydrogen-bond donors (Lipinski definition) is 1. The fourth-order valence-corrected chi connectivity index (χ4v) is 3.06. The monoisotopic (exact) mass is 375 g/mol. The normalized spacial score (nSPS) is 10.8. The quantitative estimate of drug-likeness (QED) is 0.629. The molecule has 0 amide bonds. The Morgan fingerprint density at radius 2 is 1.61 bits per heavy atom. The molecule has 0 radical (unpaired) electrons. The molecule has 3 rings (SSSR count). The lowest BCUT2D eigenvalue weighted by Crippen LogP contribution is -2.31. The highest BCUT2D eigenvalue weighted by atomic mass is 15.2. The van der Waals surface area contributed by atoms with Crippen molar-refractivity contribution in [2.75, 3.05) is 29.2 Å². The summed E-state index contributed by atoms with van der Waals surface area (Å²) in [4.78, 5) is 13.7. The molecule has 1 N–H and O–H groups in total. The van der Waals surface area contributed by atoms with Gasteiger partial charge in [0.05, 0.1) is 0 Å². The van der Waals surface area contributed by atoms with E-state index in [1.54, 1.807) is 0 Å². The number of aryl methyl sites for hydroxylation is 1. The number of nitrogens with zero attached hydrogens (tertiary/aromatic N) is 4. The summed E-state index contributed by atoms with van der Waals surface area (Å²) >= 11 is 0. The SMILES string of the molecule is Cc1nc(Nc2ccc(N(C)C)cc2)cc(N(Cc2ccccc2)C(C)C)n1. The van der Waals surface area contributed by atoms with Crippen LogP contribution in [0.4, 0.5) is 23.0 Å². The van der Waals surface area contributed by atoms with E-state index in [-0.39, 0.29) is 0 Å². The van der Waals surface area contributed by atoms with E-state index >= 15 is 0 Å². The Morgan fingerprint density at radius 3 is 2.21 bits per heavy atom. The molecule has 0 spiro atoms. The van der Waals surface area contributed by atoms with E-state index in [9.17, 15) is 0 Å². The Bertz CT molecular complexity index is 889. The predicted octanol–water partition coefficient (Wildman–Crippen LogP) is 5.01. The maximum Gasteiger partial charge on any atom is 0.136 e. The third-order valence-electron chi connectivity index (χ3n) is 4.59. The van der Waals surface area contributed by atoms with E-state index in [1.165, 1.54) is 11.3 Å². The Hall–Kier alpha value is -3.08. The lowest BCUT2D eigenvalue weighted by molar-refractivity contribution is 0.670. The zero-order valence-corrected chi connectivity index (χ0v) is 17.3. The van der Waals surface area contributed by atoms with Crippen LogP contribution in [-0.2, 0) is 6.54 Å². The molecule has 28 heavy (non-hydrogen) atoms. The standard InChI is InChI=1S/C23H29N5/c1-17(2)28(16-19-9-7-6-8-10-19)23-15-22(24-18(3)25-23)26-20-11-13-21(14-12-20)27(4)5/h6-15,17H,16H2,1-5H3,(H,24,25,26). The summed E-state index contributed by atoms with van der Waals surface area (Å²) in [5, 5.41) is 3.41. The van der Waals surface area contributed by atoms with Gasteiger partial charge in [0.25, 0.3) is 0 Å². The van der Waals surface area contributed by atoms with Crippen LogP contribution in [0, 0.1) is 6.92 Å². The smallest absolute Gasteiger partial charge is 0.136 e. The van der Waals surface area contributed by atoms with Gasteiger partial charge in [-0.2, -0.15) is 0 Å². The molecule has 0 fully saturated rings. The third kappa shape index (κ3) is 5.00. The number of aromatic nitrogens is 2. The van der Waals surface area contributed by atoms with Gasteiger partial charge >= 0.3 is 0 Å². The number of rotatable bonds is 7. The van der Waals surface area contributed by atoms with Crippen molar-refractivity contribution in [2.24, 2.45) is 0 Å². The molecule has 0 aliphatic rings. The number of hydrogen-bond acceptors (Lipinski definition) is 5. The second-order valence-corrected chi connectivity index (χ2v) is 7.43. The molecule has 1 heterocycles. The first-order valence-corrected chi connectivity index (χ1v) is 9.63. The topological polar surface area (TPSA) is 44.3 Å². The first-order chi connectivity index (χ1) is 13.4. The maximum absolute atomic E-state index is 4.70. The van der Waals surface area contributed by atoms with Gasteiger partial charge in [-0.3, -0.25) is 0 Å². The van der Waals surface area contributed by atoms with E-state index in [4.69, 9.17) is 4.98 Å². The molecule has 3 aromatic rings. The van der Waals surface area contributed by atoms with Crippen LogP contribution in [-0.4, -0.2) is 30.1 Å². The van der Waals surface area contributed by atoms with Gasteiger partial charge in [0.15, 0.2) is 0 Å². The molecule has 0 saturated heterocycles. The minimum atomic E-state index is 0.321. The highest BCUT2D eigenvalue weighted by Gasteiger charge is 2.15. The summed E-state index contributed by atoms with van der Waals surface area (Å²) < 4.78 is 0. The van der Waals surface area contributed by atoms with Crippen LogP contribution >= 0.6 is 0 Å². The lowest BCUT2D eigenvalue weighted by atomic mass is 10.2. The molecule has 2 aromatic carbocycles. The first kappa shape index (κ1) is 19.7. The molecule has 146 valence electrons. The molecule has 0 saturated carbocycles. The molecule has 0 atom stereocenters. The van der Waals surface area contributed by atoms with Crippen LogP contribution in [0.15, 0.2) is 60.7 Å². The maximum atomic E-state index is 4.70. The lowest BCUT2D eigenvalue weighted by Gasteiger charge is -2.28. The molecular weight excluding hydrogens is 346 g/mol. The van der Waals surface area contributed by atoms with Crippen molar-refractivity contribution in [1.29, 1.82) is 0 Å². The highest BCUT2D eigenvalue weighted by Crippen LogP contribution is 2.24. The Labute approximate surface area is 168 Å². The molecule has 1 aromatic heterocycles. The van der Waals surface area contributed by atoms with E-state index in [1.807, 2.05) is 33.2 Å². The largest absolute Gasteiger partial charge is 0.378 e. The third-order valence-corrected chi connectivity index (χ3v) is 4.59. The zero-order chi connectivity index (χ0) is 20.1. The van der Waals surface area contributed by atoms with Crippen LogP contribution < -0.4 is 15.1 Å². The van der Waals surface area contributed by atoms with Gasteiger partial charge in [0, 0.05) is 44.1 Å². The molecule has 0 aliphatic carbocycles. The fraction of sp³-hybridized carbons (Fsp3) is 0.304. The van der Waals surface area contributed by atoms with E-state index in [0.29, 0.717) is 6.04 Å². The highest BCUT2D eigenvalue weighted by molar-refractivity contribution is 5.62. The average molecular weight is 376 g/mol. The molecule has 5 heteroatoms. The molecule has 0 bridgehead atoms. The first-order valence-electron chi connectivity index (χ1n) is 9.63. The fourth-order valence-electron chi connectivity index (χ4n) is 3.06. The van der Waals surface area contributed by atoms with E-state index in [0.717, 1.165) is 29.7 Å². The summed E-state index contributed by atoms with van der Waals surface area (Å²) in [7, 11) is 4.07. The molecular formula is C23H29N5. The summed E-state index contributed by atoms with van der Waals surface area (Å²) in [6.07, 6.45) is 0. The number of nitrogens with one attached hydrogen (secondary N) is 1. The number of benzene rings is 2. The van der Waals surface area contributed by atoms with Gasteiger partial charge in [-0.05, 0) is 50.6 Å². The van der Waals surface area contributed by atoms with Crippen LogP contribution in [0.1, 0.15) is 25.2 Å². The van der Waals surface area contributed by atoms with Gasteiger partial charge < -0.3 is 15.1 Å². The minimum Gasteiger partial charge on any atom is -0.378 e. The van der Waals surface area contributed by atoms with Crippen molar-refractivity contribution >= 4 is 23.0 Å². The van der Waals surface area contributed by atoms with Gasteiger partial charge in [-0.25, -0.2) is 9.97 Å². The van der Waals surface area contributed by atoms with Gasteiger partial charge in [0.2, 0.25) is 0 Å². The minimum absolute atomic E-state index is 0.321. The van der Waals surface area contributed by atoms with Gasteiger partial charge in [-0.1, -0.05) is 30.3 Å². The summed E-state index contributed by atoms with van der Waals surface area (Å²) in [6.45, 7) is 7.12. The number of anilines is 4. The van der Waals surface area contributed by atoms with Crippen LogP contribution in [0.3, 0.4) is 0 Å². The Balaban J connectivity index is 1.84. The summed E-state index contributed by atoms with van der Waals surface area (Å²) in [5.41, 5.74) is 3.44. The molecule has 5 nitrogen and oxygen atoms in total. The van der Waals surface area contributed by atoms with E-state index in [2.05, 4.69) is 82.5 Å². The van der Waals surface area contributed by atoms with Crippen LogP contribution in [0.2, 0.25) is 0 Å². The van der Waals surface area contributed by atoms with Gasteiger partial charge in [0.1, 0.15) is 17.5 Å². The van der Waals surface area contributed by atoms with E-state index < -0.39 is 0 Å². The second-order valence-electron chi connectivity index (χ2n) is 7.43. The Morgan fingerprint density at radius 1 is 0.929 bits per heavy atom. The van der Waals surface area contributed by atoms with Crippen LogP contribution in [0.5, 0.6) is 0 Å². The Kier molecular flexibility index (Phi) is 6.14. The van der Waals surface area contributed by atoms with Crippen LogP contribution in [0.25, 0.3) is 0 Å².